The van der Waals surface area contributed by atoms with Crippen molar-refractivity contribution in [3.05, 3.63) is 39.1 Å². The highest BCUT2D eigenvalue weighted by Crippen LogP contribution is 2.29. The van der Waals surface area contributed by atoms with Gasteiger partial charge in [-0.05, 0) is 6.07 Å². The summed E-state index contributed by atoms with van der Waals surface area (Å²) in [5.41, 5.74) is 2.19. The minimum absolute atomic E-state index is 0.822. The zero-order valence-corrected chi connectivity index (χ0v) is 11.2. The molecule has 2 aromatic rings. The van der Waals surface area contributed by atoms with Gasteiger partial charge in [0.2, 0.25) is 0 Å². The molecule has 0 fully saturated rings. The van der Waals surface area contributed by atoms with Gasteiger partial charge < -0.3 is 0 Å². The summed E-state index contributed by atoms with van der Waals surface area (Å²) in [6.45, 7) is 0. The second-order valence-corrected chi connectivity index (χ2v) is 5.10. The summed E-state index contributed by atoms with van der Waals surface area (Å²) >= 11 is 8.59. The number of rotatable bonds is 2. The molecule has 0 aliphatic heterocycles. The molecule has 2 rings (SSSR count). The third-order valence-electron chi connectivity index (χ3n) is 1.82. The van der Waals surface area contributed by atoms with Gasteiger partial charge in [0.15, 0.2) is 0 Å². The Kier molecular flexibility index (Phi) is 3.36. The Labute approximate surface area is 103 Å². The predicted octanol–water partition coefficient (Wildman–Crippen LogP) is 4.47. The van der Waals surface area contributed by atoms with Crippen molar-refractivity contribution < 1.29 is 0 Å². The molecule has 1 nitrogen and oxygen atoms in total. The molecule has 0 radical (unpaired) electrons. The van der Waals surface area contributed by atoms with E-state index in [1.165, 1.54) is 0 Å². The van der Waals surface area contributed by atoms with E-state index in [9.17, 15) is 0 Å². The topological polar surface area (TPSA) is 12.9 Å². The largest absolute Gasteiger partial charge is 0.240 e. The zero-order valence-electron chi connectivity index (χ0n) is 7.21. The van der Waals surface area contributed by atoms with Gasteiger partial charge in [0.1, 0.15) is 5.01 Å². The van der Waals surface area contributed by atoms with Crippen LogP contribution in [-0.2, 0) is 5.33 Å². The summed E-state index contributed by atoms with van der Waals surface area (Å²) in [5.74, 6) is 0. The van der Waals surface area contributed by atoms with E-state index in [4.69, 9.17) is 0 Å². The van der Waals surface area contributed by atoms with Crippen molar-refractivity contribution in [3.63, 3.8) is 0 Å². The first-order chi connectivity index (χ1) is 6.81. The fraction of sp³-hybridized carbons (Fsp3) is 0.100. The Morgan fingerprint density at radius 2 is 2.07 bits per heavy atom. The van der Waals surface area contributed by atoms with Crippen LogP contribution in [0.2, 0.25) is 0 Å². The van der Waals surface area contributed by atoms with Gasteiger partial charge in [-0.15, -0.1) is 11.3 Å². The minimum Gasteiger partial charge on any atom is -0.240 e. The molecule has 0 N–H and O–H groups in total. The predicted molar refractivity (Wildman–Crippen MR) is 67.9 cm³/mol. The second-order valence-electron chi connectivity index (χ2n) is 2.74. The van der Waals surface area contributed by atoms with E-state index in [1.54, 1.807) is 11.3 Å². The Balaban J connectivity index is 2.44. The number of thiazole rings is 1. The third kappa shape index (κ3) is 2.07. The lowest BCUT2D eigenvalue weighted by atomic mass is 10.2. The first kappa shape index (κ1) is 10.3. The standard InChI is InChI=1S/C10H7Br2NS/c11-5-10-13-9(6-14-10)7-3-1-2-4-8(7)12/h1-4,6H,5H2. The normalized spacial score (nSPS) is 10.4. The van der Waals surface area contributed by atoms with E-state index in [1.807, 2.05) is 18.2 Å². The van der Waals surface area contributed by atoms with Crippen molar-refractivity contribution in [3.8, 4) is 11.3 Å². The van der Waals surface area contributed by atoms with Crippen LogP contribution in [0.25, 0.3) is 11.3 Å². The molecule has 0 aliphatic carbocycles. The summed E-state index contributed by atoms with van der Waals surface area (Å²) in [7, 11) is 0. The molecule has 4 heteroatoms. The maximum atomic E-state index is 4.50. The van der Waals surface area contributed by atoms with Gasteiger partial charge in [-0.3, -0.25) is 0 Å². The molecule has 1 aromatic carbocycles. The number of halogens is 2. The molecule has 14 heavy (non-hydrogen) atoms. The molecule has 0 unspecified atom stereocenters. The van der Waals surface area contributed by atoms with Gasteiger partial charge in [-0.25, -0.2) is 4.98 Å². The van der Waals surface area contributed by atoms with Gasteiger partial charge in [-0.1, -0.05) is 50.1 Å². The van der Waals surface area contributed by atoms with Gasteiger partial charge in [0, 0.05) is 15.4 Å². The maximum absolute atomic E-state index is 4.50. The highest BCUT2D eigenvalue weighted by molar-refractivity contribution is 9.10. The van der Waals surface area contributed by atoms with Crippen LogP contribution in [0.5, 0.6) is 0 Å². The van der Waals surface area contributed by atoms with Crippen molar-refractivity contribution >= 4 is 43.2 Å². The van der Waals surface area contributed by atoms with Crippen LogP contribution in [0.1, 0.15) is 5.01 Å². The lowest BCUT2D eigenvalue weighted by Gasteiger charge is -1.98. The third-order valence-corrected chi connectivity index (χ3v) is 4.26. The molecule has 0 bridgehead atoms. The van der Waals surface area contributed by atoms with Crippen molar-refractivity contribution in [2.45, 2.75) is 5.33 Å². The smallest absolute Gasteiger partial charge is 0.104 e. The number of aromatic nitrogens is 1. The molecule has 0 saturated carbocycles. The number of hydrogen-bond donors (Lipinski definition) is 0. The first-order valence-electron chi connectivity index (χ1n) is 4.06. The van der Waals surface area contributed by atoms with Crippen LogP contribution in [0.15, 0.2) is 34.1 Å². The van der Waals surface area contributed by atoms with Crippen molar-refractivity contribution in [2.75, 3.05) is 0 Å². The lowest BCUT2D eigenvalue weighted by molar-refractivity contribution is 1.28. The number of nitrogens with zero attached hydrogens (tertiary/aromatic N) is 1. The summed E-state index contributed by atoms with van der Waals surface area (Å²) in [4.78, 5) is 4.50. The summed E-state index contributed by atoms with van der Waals surface area (Å²) in [6.07, 6.45) is 0. The van der Waals surface area contributed by atoms with Crippen molar-refractivity contribution in [2.24, 2.45) is 0 Å². The average Bonchev–Trinajstić information content (AvgIpc) is 2.67. The maximum Gasteiger partial charge on any atom is 0.104 e. The van der Waals surface area contributed by atoms with Gasteiger partial charge in [0.05, 0.1) is 11.0 Å². The number of hydrogen-bond acceptors (Lipinski definition) is 2. The zero-order chi connectivity index (χ0) is 9.97. The van der Waals surface area contributed by atoms with E-state index in [0.29, 0.717) is 0 Å². The highest BCUT2D eigenvalue weighted by atomic mass is 79.9. The average molecular weight is 333 g/mol. The van der Waals surface area contributed by atoms with E-state index in [2.05, 4.69) is 48.3 Å². The van der Waals surface area contributed by atoms with E-state index in [0.717, 1.165) is 26.1 Å². The molecule has 0 atom stereocenters. The molecule has 72 valence electrons. The monoisotopic (exact) mass is 331 g/mol. The quantitative estimate of drug-likeness (QED) is 0.739. The Hall–Kier alpha value is -0.190. The Morgan fingerprint density at radius 3 is 2.71 bits per heavy atom. The lowest BCUT2D eigenvalue weighted by Crippen LogP contribution is -1.80. The Bertz CT molecular complexity index is 439. The second kappa shape index (κ2) is 4.55. The van der Waals surface area contributed by atoms with E-state index in [-0.39, 0.29) is 0 Å². The number of benzene rings is 1. The van der Waals surface area contributed by atoms with Crippen LogP contribution in [-0.4, -0.2) is 4.98 Å². The van der Waals surface area contributed by atoms with Gasteiger partial charge in [0.25, 0.3) is 0 Å². The van der Waals surface area contributed by atoms with Crippen LogP contribution >= 0.6 is 43.2 Å². The summed E-state index contributed by atoms with van der Waals surface area (Å²) in [5, 5.41) is 4.01. The first-order valence-corrected chi connectivity index (χ1v) is 6.86. The van der Waals surface area contributed by atoms with Crippen LogP contribution < -0.4 is 0 Å². The Morgan fingerprint density at radius 1 is 1.29 bits per heavy atom. The number of alkyl halides is 1. The summed E-state index contributed by atoms with van der Waals surface area (Å²) < 4.78 is 1.09. The molecular formula is C10H7Br2NS. The molecular weight excluding hydrogens is 326 g/mol. The van der Waals surface area contributed by atoms with Crippen LogP contribution in [0.4, 0.5) is 0 Å². The minimum atomic E-state index is 0.822. The molecule has 0 saturated heterocycles. The molecule has 1 aromatic heterocycles. The van der Waals surface area contributed by atoms with Gasteiger partial charge in [-0.2, -0.15) is 0 Å². The SMILES string of the molecule is BrCc1nc(-c2ccccc2Br)cs1. The highest BCUT2D eigenvalue weighted by Gasteiger charge is 2.06. The molecule has 0 spiro atoms. The molecule has 0 amide bonds. The van der Waals surface area contributed by atoms with E-state index >= 15 is 0 Å². The summed E-state index contributed by atoms with van der Waals surface area (Å²) in [6, 6.07) is 8.12. The fourth-order valence-corrected chi connectivity index (χ4v) is 2.82. The van der Waals surface area contributed by atoms with E-state index < -0.39 is 0 Å². The van der Waals surface area contributed by atoms with Crippen LogP contribution in [0, 0.1) is 0 Å². The molecule has 0 aliphatic rings. The van der Waals surface area contributed by atoms with Crippen molar-refractivity contribution in [1.82, 2.24) is 4.98 Å². The van der Waals surface area contributed by atoms with Crippen molar-refractivity contribution in [1.29, 1.82) is 0 Å². The fourth-order valence-electron chi connectivity index (χ4n) is 1.16. The van der Waals surface area contributed by atoms with Crippen LogP contribution in [0.3, 0.4) is 0 Å². The molecule has 1 heterocycles. The van der Waals surface area contributed by atoms with Gasteiger partial charge >= 0.3 is 0 Å².